The van der Waals surface area contributed by atoms with Gasteiger partial charge in [-0.15, -0.1) is 0 Å². The molecular weight excluding hydrogens is 291 g/mol. The van der Waals surface area contributed by atoms with Gasteiger partial charge in [-0.3, -0.25) is 4.79 Å². The Bertz CT molecular complexity index is 657. The second kappa shape index (κ2) is 6.82. The molecule has 0 spiro atoms. The molecule has 0 aliphatic carbocycles. The summed E-state index contributed by atoms with van der Waals surface area (Å²) in [5.41, 5.74) is 7.94. The first-order chi connectivity index (χ1) is 10.8. The van der Waals surface area contributed by atoms with Gasteiger partial charge < -0.3 is 11.1 Å². The van der Waals surface area contributed by atoms with Crippen LogP contribution in [0.1, 0.15) is 37.9 Å². The number of hydrogen-bond acceptors (Lipinski definition) is 2. The van der Waals surface area contributed by atoms with Gasteiger partial charge in [0, 0.05) is 5.69 Å². The summed E-state index contributed by atoms with van der Waals surface area (Å²) in [5, 5.41) is 3.06. The molecule has 2 aromatic carbocycles. The van der Waals surface area contributed by atoms with Gasteiger partial charge in [0.15, 0.2) is 0 Å². The molecule has 0 heterocycles. The van der Waals surface area contributed by atoms with E-state index in [1.165, 1.54) is 12.1 Å². The molecule has 0 saturated carbocycles. The molecule has 0 aliphatic rings. The molecule has 2 aromatic rings. The molecule has 1 unspecified atom stereocenters. The smallest absolute Gasteiger partial charge is 0.224 e. The number of benzene rings is 2. The zero-order valence-electron chi connectivity index (χ0n) is 13.8. The Morgan fingerprint density at radius 3 is 2.17 bits per heavy atom. The Labute approximate surface area is 136 Å². The second-order valence-electron chi connectivity index (χ2n) is 6.84. The van der Waals surface area contributed by atoms with Gasteiger partial charge in [0.25, 0.3) is 0 Å². The Kier molecular flexibility index (Phi) is 5.04. The summed E-state index contributed by atoms with van der Waals surface area (Å²) in [6.45, 7) is 6.14. The molecule has 0 radical (unpaired) electrons. The van der Waals surface area contributed by atoms with Gasteiger partial charge in [-0.1, -0.05) is 45.0 Å². The van der Waals surface area contributed by atoms with Crippen LogP contribution < -0.4 is 11.1 Å². The van der Waals surface area contributed by atoms with Gasteiger partial charge in [0.05, 0.1) is 12.5 Å². The molecule has 3 nitrogen and oxygen atoms in total. The summed E-state index contributed by atoms with van der Waals surface area (Å²) >= 11 is 0. The zero-order valence-corrected chi connectivity index (χ0v) is 13.8. The highest BCUT2D eigenvalue weighted by Gasteiger charge is 2.27. The van der Waals surface area contributed by atoms with Crippen molar-refractivity contribution in [1.82, 2.24) is 5.32 Å². The van der Waals surface area contributed by atoms with Gasteiger partial charge in [-0.25, -0.2) is 4.39 Å². The topological polar surface area (TPSA) is 55.1 Å². The van der Waals surface area contributed by atoms with Crippen LogP contribution in [0.3, 0.4) is 0 Å². The van der Waals surface area contributed by atoms with E-state index in [1.807, 2.05) is 32.9 Å². The molecule has 0 saturated heterocycles. The number of halogens is 1. The fraction of sp³-hybridized carbons (Fsp3) is 0.316. The summed E-state index contributed by atoms with van der Waals surface area (Å²) in [5.74, 6) is -0.353. The van der Waals surface area contributed by atoms with Crippen LogP contribution in [-0.2, 0) is 11.2 Å². The number of nitrogens with one attached hydrogen (secondary N) is 1. The quantitative estimate of drug-likeness (QED) is 0.842. The number of rotatable bonds is 4. The minimum absolute atomic E-state index is 0.0704. The Balaban J connectivity index is 2.13. The summed E-state index contributed by atoms with van der Waals surface area (Å²) in [4.78, 5) is 12.4. The summed E-state index contributed by atoms with van der Waals surface area (Å²) in [7, 11) is 0. The van der Waals surface area contributed by atoms with Crippen LogP contribution in [0.4, 0.5) is 10.1 Å². The third-order valence-electron chi connectivity index (χ3n) is 3.72. The van der Waals surface area contributed by atoms with E-state index in [4.69, 9.17) is 5.73 Å². The lowest BCUT2D eigenvalue weighted by molar-refractivity contribution is -0.122. The molecule has 0 aliphatic heterocycles. The van der Waals surface area contributed by atoms with Crippen molar-refractivity contribution in [2.75, 3.05) is 5.73 Å². The number of carbonyl (C=O) groups excluding carboxylic acids is 1. The van der Waals surface area contributed by atoms with Crippen LogP contribution in [0.25, 0.3) is 0 Å². The number of hydrogen-bond donors (Lipinski definition) is 2. The van der Waals surface area contributed by atoms with E-state index >= 15 is 0 Å². The van der Waals surface area contributed by atoms with Crippen molar-refractivity contribution in [3.05, 3.63) is 65.5 Å². The number of nitrogens with two attached hydrogens (primary N) is 1. The SMILES string of the molecule is CC(C)(C)C(NC(=O)Cc1ccc(N)cc1)c1ccc(F)cc1. The number of nitrogen functional groups attached to an aromatic ring is 1. The first-order valence-electron chi connectivity index (χ1n) is 7.65. The van der Waals surface area contributed by atoms with Gasteiger partial charge in [0.1, 0.15) is 5.82 Å². The third-order valence-corrected chi connectivity index (χ3v) is 3.72. The predicted molar refractivity (Wildman–Crippen MR) is 91.3 cm³/mol. The predicted octanol–water partition coefficient (Wildman–Crippen LogP) is 3.85. The normalized spacial score (nSPS) is 12.7. The molecule has 2 rings (SSSR count). The maximum Gasteiger partial charge on any atom is 0.224 e. The van der Waals surface area contributed by atoms with E-state index in [0.717, 1.165) is 11.1 Å². The lowest BCUT2D eigenvalue weighted by Gasteiger charge is -2.32. The van der Waals surface area contributed by atoms with Crippen molar-refractivity contribution < 1.29 is 9.18 Å². The van der Waals surface area contributed by atoms with Crippen molar-refractivity contribution >= 4 is 11.6 Å². The highest BCUT2D eigenvalue weighted by molar-refractivity contribution is 5.79. The molecule has 0 aromatic heterocycles. The standard InChI is InChI=1S/C19H23FN2O/c1-19(2,3)18(14-6-8-15(20)9-7-14)22-17(23)12-13-4-10-16(21)11-5-13/h4-11,18H,12,21H2,1-3H3,(H,22,23). The number of amides is 1. The monoisotopic (exact) mass is 314 g/mol. The van der Waals surface area contributed by atoms with E-state index in [9.17, 15) is 9.18 Å². The fourth-order valence-corrected chi connectivity index (χ4v) is 2.49. The molecular formula is C19H23FN2O. The van der Waals surface area contributed by atoms with Gasteiger partial charge in [-0.05, 0) is 40.8 Å². The Morgan fingerprint density at radius 2 is 1.65 bits per heavy atom. The van der Waals surface area contributed by atoms with Crippen LogP contribution in [0.15, 0.2) is 48.5 Å². The number of carbonyl (C=O) groups is 1. The highest BCUT2D eigenvalue weighted by atomic mass is 19.1. The van der Waals surface area contributed by atoms with Crippen LogP contribution in [0, 0.1) is 11.2 Å². The van der Waals surface area contributed by atoms with Crippen molar-refractivity contribution in [3.63, 3.8) is 0 Å². The Hall–Kier alpha value is -2.36. The molecule has 3 N–H and O–H groups in total. The second-order valence-corrected chi connectivity index (χ2v) is 6.84. The molecule has 1 amide bonds. The Morgan fingerprint density at radius 1 is 1.09 bits per heavy atom. The lowest BCUT2D eigenvalue weighted by atomic mass is 9.82. The zero-order chi connectivity index (χ0) is 17.0. The van der Waals surface area contributed by atoms with E-state index in [1.54, 1.807) is 24.3 Å². The summed E-state index contributed by atoms with van der Waals surface area (Å²) in [6.07, 6.45) is 0.286. The largest absolute Gasteiger partial charge is 0.399 e. The maximum absolute atomic E-state index is 13.1. The molecule has 0 bridgehead atoms. The van der Waals surface area contributed by atoms with Crippen molar-refractivity contribution in [2.24, 2.45) is 5.41 Å². The lowest BCUT2D eigenvalue weighted by Crippen LogP contribution is -2.37. The summed E-state index contributed by atoms with van der Waals surface area (Å²) in [6, 6.07) is 13.3. The van der Waals surface area contributed by atoms with E-state index in [0.29, 0.717) is 5.69 Å². The molecule has 122 valence electrons. The molecule has 4 heteroatoms. The van der Waals surface area contributed by atoms with Gasteiger partial charge in [0.2, 0.25) is 5.91 Å². The van der Waals surface area contributed by atoms with Crippen molar-refractivity contribution in [3.8, 4) is 0 Å². The third kappa shape index (κ3) is 4.81. The van der Waals surface area contributed by atoms with E-state index < -0.39 is 0 Å². The van der Waals surface area contributed by atoms with E-state index in [2.05, 4.69) is 5.32 Å². The minimum Gasteiger partial charge on any atom is -0.399 e. The van der Waals surface area contributed by atoms with Gasteiger partial charge >= 0.3 is 0 Å². The van der Waals surface area contributed by atoms with E-state index in [-0.39, 0.29) is 29.6 Å². The first kappa shape index (κ1) is 17.0. The van der Waals surface area contributed by atoms with Crippen LogP contribution in [0.5, 0.6) is 0 Å². The summed E-state index contributed by atoms with van der Waals surface area (Å²) < 4.78 is 13.1. The highest BCUT2D eigenvalue weighted by Crippen LogP contribution is 2.32. The molecule has 1 atom stereocenters. The van der Waals surface area contributed by atoms with Crippen molar-refractivity contribution in [2.45, 2.75) is 33.2 Å². The van der Waals surface area contributed by atoms with Crippen LogP contribution >= 0.6 is 0 Å². The fourth-order valence-electron chi connectivity index (χ4n) is 2.49. The van der Waals surface area contributed by atoms with Crippen LogP contribution in [0.2, 0.25) is 0 Å². The maximum atomic E-state index is 13.1. The minimum atomic E-state index is -0.283. The van der Waals surface area contributed by atoms with Crippen molar-refractivity contribution in [1.29, 1.82) is 0 Å². The average molecular weight is 314 g/mol. The molecule has 23 heavy (non-hydrogen) atoms. The van der Waals surface area contributed by atoms with Gasteiger partial charge in [-0.2, -0.15) is 0 Å². The first-order valence-corrected chi connectivity index (χ1v) is 7.65. The molecule has 0 fully saturated rings. The van der Waals surface area contributed by atoms with Crippen LogP contribution in [-0.4, -0.2) is 5.91 Å². The average Bonchev–Trinajstić information content (AvgIpc) is 2.47. The number of anilines is 1.